The predicted octanol–water partition coefficient (Wildman–Crippen LogP) is 3.82. The maximum atomic E-state index is 13.4. The molecule has 0 bridgehead atoms. The molecule has 3 aromatic rings. The van der Waals surface area contributed by atoms with Crippen molar-refractivity contribution in [2.45, 2.75) is 52.2 Å². The third-order valence-corrected chi connectivity index (χ3v) is 5.98. The molecule has 6 nitrogen and oxygen atoms in total. The van der Waals surface area contributed by atoms with Gasteiger partial charge in [0.15, 0.2) is 0 Å². The van der Waals surface area contributed by atoms with Crippen LogP contribution in [-0.4, -0.2) is 29.2 Å². The molecule has 0 saturated heterocycles. The summed E-state index contributed by atoms with van der Waals surface area (Å²) in [6.45, 7) is 9.18. The first kappa shape index (κ1) is 30.0. The van der Waals surface area contributed by atoms with Crippen LogP contribution in [0.3, 0.4) is 0 Å². The van der Waals surface area contributed by atoms with E-state index in [2.05, 4.69) is 15.3 Å². The molecule has 0 saturated carbocycles. The molecule has 0 heterocycles. The maximum Gasteiger partial charge on any atom is 2.00 e. The van der Waals surface area contributed by atoms with E-state index in [1.165, 1.54) is 0 Å². The summed E-state index contributed by atoms with van der Waals surface area (Å²) in [6, 6.07) is 25.3. The van der Waals surface area contributed by atoms with Crippen LogP contribution >= 0.6 is 0 Å². The number of nitrogens with one attached hydrogen (secondary N) is 1. The van der Waals surface area contributed by atoms with Crippen LogP contribution in [0, 0.1) is 5.92 Å². The number of aliphatic imine (C=N–C) groups is 2. The van der Waals surface area contributed by atoms with E-state index in [1.807, 2.05) is 73.7 Å². The number of nitrogens with zero attached hydrogens (tertiary/aromatic N) is 2. The summed E-state index contributed by atoms with van der Waals surface area (Å²) >= 11 is 0. The van der Waals surface area contributed by atoms with Gasteiger partial charge in [0.25, 0.3) is 0 Å². The summed E-state index contributed by atoms with van der Waals surface area (Å²) in [5, 5.41) is 28.6. The summed E-state index contributed by atoms with van der Waals surface area (Å²) in [4.78, 5) is 20.9. The molecule has 0 spiro atoms. The Morgan fingerprint density at radius 2 is 1.38 bits per heavy atom. The fourth-order valence-electron chi connectivity index (χ4n) is 3.96. The number of hydrogen-bond acceptors (Lipinski definition) is 6. The van der Waals surface area contributed by atoms with Gasteiger partial charge in [-0.15, -0.1) is 0 Å². The summed E-state index contributed by atoms with van der Waals surface area (Å²) in [5.74, 6) is -1.86. The molecule has 0 aliphatic rings. The number of carboxylic acids is 1. The molecule has 2 atom stereocenters. The Hall–Kier alpha value is -3.28. The molecule has 0 amide bonds. The summed E-state index contributed by atoms with van der Waals surface area (Å²) in [5.41, 5.74) is 2.31. The van der Waals surface area contributed by atoms with Crippen molar-refractivity contribution in [1.82, 2.24) is 5.32 Å². The number of benzene rings is 3. The van der Waals surface area contributed by atoms with Crippen LogP contribution in [0.2, 0.25) is 0 Å². The fourth-order valence-corrected chi connectivity index (χ4v) is 3.96. The number of aliphatic carboxylic acids is 1. The summed E-state index contributed by atoms with van der Waals surface area (Å²) in [6.07, 6.45) is 0. The Balaban J connectivity index is 0.00000481. The minimum absolute atomic E-state index is 0. The van der Waals surface area contributed by atoms with E-state index in [1.54, 1.807) is 45.9 Å². The maximum absolute atomic E-state index is 13.4. The third-order valence-electron chi connectivity index (χ3n) is 5.98. The molecule has 1 N–H and O–H groups in total. The first-order chi connectivity index (χ1) is 17.1. The van der Waals surface area contributed by atoms with Crippen molar-refractivity contribution < 1.29 is 31.5 Å². The molecule has 0 radical (unpaired) electrons. The van der Waals surface area contributed by atoms with Gasteiger partial charge in [0.1, 0.15) is 0 Å². The predicted molar refractivity (Wildman–Crippen MR) is 141 cm³/mol. The minimum atomic E-state index is -1.25. The monoisotopic (exact) mass is 541 g/mol. The van der Waals surface area contributed by atoms with Gasteiger partial charge in [-0.25, -0.2) is 0 Å². The van der Waals surface area contributed by atoms with Crippen molar-refractivity contribution in [1.29, 1.82) is 0 Å². The van der Waals surface area contributed by atoms with Crippen LogP contribution in [0.15, 0.2) is 94.9 Å². The standard InChI is InChI=1S/C30H35N3O3.Ni/c1-20(2)26(28(34)35)32-27(23-16-10-7-11-17-23)24-18-12-13-19-25(24)31-29(36)30(4,5)33-21(3)22-14-8-6-9-15-22;/h6-21,26,33H,1-5H3,(H,31,36)(H,34,35);/q;+2/p-2/t21-,26+;/m0./s1. The van der Waals surface area contributed by atoms with E-state index >= 15 is 0 Å². The van der Waals surface area contributed by atoms with E-state index in [9.17, 15) is 15.0 Å². The zero-order valence-electron chi connectivity index (χ0n) is 21.8. The van der Waals surface area contributed by atoms with Crippen LogP contribution in [-0.2, 0) is 21.3 Å². The molecule has 7 heteroatoms. The van der Waals surface area contributed by atoms with Crippen LogP contribution in [0.1, 0.15) is 57.4 Å². The molecule has 0 aliphatic heterocycles. The van der Waals surface area contributed by atoms with Gasteiger partial charge >= 0.3 is 16.5 Å². The van der Waals surface area contributed by atoms with Gasteiger partial charge in [0, 0.05) is 22.7 Å². The Morgan fingerprint density at radius 3 is 1.95 bits per heavy atom. The van der Waals surface area contributed by atoms with Gasteiger partial charge in [-0.3, -0.25) is 9.98 Å². The molecule has 3 aromatic carbocycles. The van der Waals surface area contributed by atoms with Crippen molar-refractivity contribution in [2.75, 3.05) is 0 Å². The van der Waals surface area contributed by atoms with E-state index < -0.39 is 17.6 Å². The second-order valence-corrected chi connectivity index (χ2v) is 9.69. The van der Waals surface area contributed by atoms with Crippen molar-refractivity contribution in [3.05, 3.63) is 102 Å². The number of carbonyl (C=O) groups is 1. The van der Waals surface area contributed by atoms with Crippen molar-refractivity contribution >= 4 is 23.3 Å². The van der Waals surface area contributed by atoms with Gasteiger partial charge in [-0.05, 0) is 44.2 Å². The molecule has 3 rings (SSSR count). The van der Waals surface area contributed by atoms with Crippen molar-refractivity contribution in [3.8, 4) is 0 Å². The van der Waals surface area contributed by atoms with Gasteiger partial charge < -0.3 is 20.3 Å². The number of carboxylic acid groups (broad SMARTS) is 1. The van der Waals surface area contributed by atoms with E-state index in [0.29, 0.717) is 17.0 Å². The first-order valence-electron chi connectivity index (χ1n) is 12.1. The number of hydrogen-bond donors (Lipinski definition) is 1. The molecule has 0 aromatic heterocycles. The smallest absolute Gasteiger partial charge is 0.860 e. The summed E-state index contributed by atoms with van der Waals surface area (Å²) < 4.78 is 0. The van der Waals surface area contributed by atoms with E-state index in [4.69, 9.17) is 0 Å². The largest absolute Gasteiger partial charge is 2.00 e. The van der Waals surface area contributed by atoms with Crippen LogP contribution < -0.4 is 15.5 Å². The van der Waals surface area contributed by atoms with Crippen molar-refractivity contribution in [3.63, 3.8) is 0 Å². The summed E-state index contributed by atoms with van der Waals surface area (Å²) in [7, 11) is 0. The molecular weight excluding hydrogens is 509 g/mol. The van der Waals surface area contributed by atoms with Crippen molar-refractivity contribution in [2.24, 2.45) is 15.9 Å². The number of para-hydroxylation sites is 1. The molecular formula is C30H33N3NiO3. The zero-order chi connectivity index (χ0) is 26.3. The van der Waals surface area contributed by atoms with Gasteiger partial charge in [0.2, 0.25) is 0 Å². The Kier molecular flexibility index (Phi) is 10.8. The first-order valence-corrected chi connectivity index (χ1v) is 12.1. The topological polar surface area (TPSA) is 99.9 Å². The van der Waals surface area contributed by atoms with E-state index in [-0.39, 0.29) is 34.3 Å². The van der Waals surface area contributed by atoms with Crippen LogP contribution in [0.25, 0.3) is 0 Å². The average molecular weight is 542 g/mol. The number of carbonyl (C=O) groups excluding carboxylic acids is 1. The molecule has 0 aliphatic carbocycles. The number of rotatable bonds is 10. The minimum Gasteiger partial charge on any atom is -0.860 e. The average Bonchev–Trinajstić information content (AvgIpc) is 2.85. The molecule has 0 fully saturated rings. The SMILES string of the molecule is CC(C)[C@@H](N=C(c1ccccc1)c1ccccc1N=C([O-])C(C)(C)N[C@@H](C)c1ccccc1)C(=O)[O-].[Ni+2]. The normalized spacial score (nSPS) is 14.1. The fraction of sp³-hybridized carbons (Fsp3) is 0.300. The Bertz CT molecular complexity index is 1230. The van der Waals surface area contributed by atoms with Gasteiger partial charge in [-0.1, -0.05) is 92.7 Å². The Labute approximate surface area is 229 Å². The van der Waals surface area contributed by atoms with Crippen LogP contribution in [0.4, 0.5) is 5.69 Å². The zero-order valence-corrected chi connectivity index (χ0v) is 22.7. The molecule has 0 unspecified atom stereocenters. The third kappa shape index (κ3) is 7.85. The Morgan fingerprint density at radius 1 is 0.838 bits per heavy atom. The second kappa shape index (κ2) is 13.3. The van der Waals surface area contributed by atoms with Crippen LogP contribution in [0.5, 0.6) is 0 Å². The second-order valence-electron chi connectivity index (χ2n) is 9.69. The molecule has 37 heavy (non-hydrogen) atoms. The van der Waals surface area contributed by atoms with Gasteiger partial charge in [-0.2, -0.15) is 0 Å². The molecule has 196 valence electrons. The van der Waals surface area contributed by atoms with Gasteiger partial charge in [0.05, 0.1) is 23.4 Å². The van der Waals surface area contributed by atoms with E-state index in [0.717, 1.165) is 11.1 Å². The quantitative estimate of drug-likeness (QED) is 0.239.